The third kappa shape index (κ3) is 11.1. The molecule has 1 atom stereocenters. The molecule has 0 aliphatic heterocycles. The first-order valence-corrected chi connectivity index (χ1v) is 9.57. The van der Waals surface area contributed by atoms with Crippen LogP contribution in [0.5, 0.6) is 0 Å². The van der Waals surface area contributed by atoms with Gasteiger partial charge in [0.1, 0.15) is 0 Å². The van der Waals surface area contributed by atoms with Crippen molar-refractivity contribution in [2.24, 2.45) is 0 Å². The first kappa shape index (κ1) is 26.1. The van der Waals surface area contributed by atoms with Crippen LogP contribution in [0, 0.1) is 70.3 Å². The summed E-state index contributed by atoms with van der Waals surface area (Å²) in [4.78, 5) is 0. The van der Waals surface area contributed by atoms with E-state index in [0.29, 0.717) is 6.42 Å². The van der Waals surface area contributed by atoms with Crippen LogP contribution in [0.3, 0.4) is 0 Å². The van der Waals surface area contributed by atoms with Crippen molar-refractivity contribution >= 4 is 5.57 Å². The largest absolute Gasteiger partial charge is 0.390 e. The van der Waals surface area contributed by atoms with Crippen LogP contribution in [0.1, 0.15) is 24.5 Å². The minimum atomic E-state index is -0.479. The zero-order valence-electron chi connectivity index (χ0n) is 16.8. The van der Waals surface area contributed by atoms with Crippen molar-refractivity contribution in [1.29, 1.82) is 0 Å². The van der Waals surface area contributed by atoms with Gasteiger partial charge >= 0.3 is 0 Å². The van der Waals surface area contributed by atoms with E-state index in [4.69, 9.17) is 0 Å². The van der Waals surface area contributed by atoms with Crippen LogP contribution in [0.4, 0.5) is 0 Å². The number of rotatable bonds is 4. The maximum absolute atomic E-state index is 10.1. The molecule has 29 heavy (non-hydrogen) atoms. The molecule has 0 bridgehead atoms. The Morgan fingerprint density at radius 3 is 1.45 bits per heavy atom. The number of aliphatic hydroxyl groups excluding tert-OH is 1. The molecule has 2 saturated carbocycles. The molecule has 1 nitrogen and oxygen atoms in total. The number of hydrogen-bond acceptors (Lipinski definition) is 1. The van der Waals surface area contributed by atoms with Gasteiger partial charge in [-0.05, 0) is 70.6 Å². The summed E-state index contributed by atoms with van der Waals surface area (Å²) < 4.78 is 0. The molecule has 1 N–H and O–H groups in total. The summed E-state index contributed by atoms with van der Waals surface area (Å²) in [5.41, 5.74) is 2.86. The molecule has 10 radical (unpaired) electrons. The summed E-state index contributed by atoms with van der Waals surface area (Å²) in [5.74, 6) is 0. The second-order valence-electron chi connectivity index (χ2n) is 6.12. The summed E-state index contributed by atoms with van der Waals surface area (Å²) in [6.07, 6.45) is 23.5. The van der Waals surface area contributed by atoms with Crippen LogP contribution in [-0.4, -0.2) is 11.2 Å². The maximum Gasteiger partial charge on any atom is 0.0624 e. The van der Waals surface area contributed by atoms with Crippen LogP contribution < -0.4 is 0 Å². The summed E-state index contributed by atoms with van der Waals surface area (Å²) >= 11 is 0. The van der Waals surface area contributed by atoms with Crippen LogP contribution in [0.2, 0.25) is 0 Å². The minimum absolute atomic E-state index is 0. The van der Waals surface area contributed by atoms with Crippen LogP contribution in [0.15, 0.2) is 60.7 Å². The van der Waals surface area contributed by atoms with Crippen molar-refractivity contribution in [2.45, 2.75) is 19.4 Å². The van der Waals surface area contributed by atoms with Gasteiger partial charge < -0.3 is 5.11 Å². The fourth-order valence-corrected chi connectivity index (χ4v) is 2.49. The van der Waals surface area contributed by atoms with Gasteiger partial charge in [-0.25, -0.2) is 0 Å². The summed E-state index contributed by atoms with van der Waals surface area (Å²) in [7, 11) is 0. The van der Waals surface area contributed by atoms with Gasteiger partial charge in [0.25, 0.3) is 0 Å². The number of aliphatic hydroxyl groups is 1. The summed E-state index contributed by atoms with van der Waals surface area (Å²) in [5, 5.41) is 10.1. The molecule has 0 heterocycles. The van der Waals surface area contributed by atoms with E-state index in [1.165, 1.54) is 0 Å². The Labute approximate surface area is 197 Å². The molecule has 0 spiro atoms. The summed E-state index contributed by atoms with van der Waals surface area (Å²) in [6.45, 7) is 1.97. The SMILES string of the molecule is CCC(O)C(=[C-]c1ccccc1)c1ccccc1.[CH]1[CH][CH][CH][CH]1.[CH]1[CH][CH][CH][CH]1.[Zr]. The zero-order chi connectivity index (χ0) is 19.9. The second-order valence-corrected chi connectivity index (χ2v) is 6.12. The monoisotopic (exact) mass is 457 g/mol. The van der Waals surface area contributed by atoms with E-state index >= 15 is 0 Å². The Balaban J connectivity index is 0.000000311. The van der Waals surface area contributed by atoms with Crippen LogP contribution in [0.25, 0.3) is 5.57 Å². The van der Waals surface area contributed by atoms with Gasteiger partial charge in [-0.1, -0.05) is 54.5 Å². The maximum atomic E-state index is 10.1. The van der Waals surface area contributed by atoms with Gasteiger partial charge in [-0.15, -0.1) is 35.9 Å². The van der Waals surface area contributed by atoms with E-state index in [9.17, 15) is 5.11 Å². The Morgan fingerprint density at radius 1 is 0.690 bits per heavy atom. The van der Waals surface area contributed by atoms with E-state index in [1.54, 1.807) is 0 Å². The first-order valence-electron chi connectivity index (χ1n) is 9.57. The molecule has 4 rings (SSSR count). The van der Waals surface area contributed by atoms with Gasteiger partial charge in [-0.3, -0.25) is 0 Å². The molecule has 0 amide bonds. The fraction of sp³-hybridized carbons (Fsp3) is 0.111. The van der Waals surface area contributed by atoms with E-state index in [0.717, 1.165) is 16.7 Å². The Morgan fingerprint density at radius 2 is 1.07 bits per heavy atom. The predicted octanol–water partition coefficient (Wildman–Crippen LogP) is 5.73. The smallest absolute Gasteiger partial charge is 0.0624 e. The van der Waals surface area contributed by atoms with E-state index in [2.05, 4.69) is 6.08 Å². The third-order valence-corrected chi connectivity index (χ3v) is 3.97. The predicted molar refractivity (Wildman–Crippen MR) is 118 cm³/mol. The molecular weight excluding hydrogens is 432 g/mol. The van der Waals surface area contributed by atoms with Crippen molar-refractivity contribution < 1.29 is 31.3 Å². The van der Waals surface area contributed by atoms with E-state index in [-0.39, 0.29) is 26.2 Å². The van der Waals surface area contributed by atoms with Crippen molar-refractivity contribution in [3.05, 3.63) is 142 Å². The minimum Gasteiger partial charge on any atom is -0.390 e. The van der Waals surface area contributed by atoms with Crippen molar-refractivity contribution in [3.63, 3.8) is 0 Å². The van der Waals surface area contributed by atoms with Crippen LogP contribution >= 0.6 is 0 Å². The first-order chi connectivity index (χ1) is 13.8. The molecule has 2 aliphatic rings. The molecule has 2 fully saturated rings. The fourth-order valence-electron chi connectivity index (χ4n) is 2.49. The number of benzene rings is 2. The average Bonchev–Trinajstić information content (AvgIpc) is 3.52. The second kappa shape index (κ2) is 16.8. The zero-order valence-corrected chi connectivity index (χ0v) is 19.2. The summed E-state index contributed by atoms with van der Waals surface area (Å²) in [6, 6.07) is 19.8. The topological polar surface area (TPSA) is 20.2 Å². The molecule has 146 valence electrons. The number of hydrogen-bond donors (Lipinski definition) is 1. The van der Waals surface area contributed by atoms with Gasteiger partial charge in [0, 0.05) is 26.2 Å². The van der Waals surface area contributed by atoms with E-state index in [1.807, 2.05) is 132 Å². The van der Waals surface area contributed by atoms with Gasteiger partial charge in [0.05, 0.1) is 6.10 Å². The molecule has 2 heteroatoms. The molecule has 0 saturated heterocycles. The average molecular weight is 459 g/mol. The van der Waals surface area contributed by atoms with E-state index < -0.39 is 6.10 Å². The Bertz CT molecular complexity index is 618. The third-order valence-electron chi connectivity index (χ3n) is 3.97. The molecular formula is C27H27OZr-. The molecule has 2 aromatic carbocycles. The van der Waals surface area contributed by atoms with Crippen molar-refractivity contribution in [3.8, 4) is 0 Å². The van der Waals surface area contributed by atoms with Gasteiger partial charge in [0.2, 0.25) is 0 Å². The Kier molecular flexibility index (Phi) is 15.1. The standard InChI is InChI=1S/C17H17O.2C5H5.Zr/c1-2-17(18)16(15-11-7-4-8-12-15)13-14-9-5-3-6-10-14;2*1-2-4-5-3-1;/h3-12,17-18H,2H2,1H3;2*1-5H;/q-1;;;. The van der Waals surface area contributed by atoms with Crippen molar-refractivity contribution in [2.75, 3.05) is 0 Å². The normalized spacial score (nSPS) is 16.6. The molecule has 2 aliphatic carbocycles. The Hall–Kier alpha value is -0.977. The van der Waals surface area contributed by atoms with Gasteiger partial charge in [0.15, 0.2) is 0 Å². The van der Waals surface area contributed by atoms with Crippen LogP contribution in [-0.2, 0) is 26.2 Å². The van der Waals surface area contributed by atoms with Crippen molar-refractivity contribution in [1.82, 2.24) is 0 Å². The quantitative estimate of drug-likeness (QED) is 0.458. The molecule has 2 aromatic rings. The molecule has 0 aromatic heterocycles. The molecule has 1 unspecified atom stereocenters. The van der Waals surface area contributed by atoms with Gasteiger partial charge in [-0.2, -0.15) is 0 Å².